The molecule has 94 valence electrons. The molecule has 0 radical (unpaired) electrons. The van der Waals surface area contributed by atoms with E-state index in [0.717, 1.165) is 31.4 Å². The van der Waals surface area contributed by atoms with Gasteiger partial charge in [-0.25, -0.2) is 0 Å². The zero-order chi connectivity index (χ0) is 12.3. The van der Waals surface area contributed by atoms with Crippen molar-refractivity contribution in [2.75, 3.05) is 0 Å². The molecule has 0 aliphatic heterocycles. The predicted molar refractivity (Wildman–Crippen MR) is 65.2 cm³/mol. The lowest BCUT2D eigenvalue weighted by molar-refractivity contribution is -0.127. The third-order valence-electron chi connectivity index (χ3n) is 3.48. The molecule has 3 N–H and O–H groups in total. The number of nitrogens with two attached hydrogens (primary N) is 1. The Labute approximate surface area is 102 Å². The molecule has 1 aliphatic rings. The van der Waals surface area contributed by atoms with Gasteiger partial charge >= 0.3 is 0 Å². The highest BCUT2D eigenvalue weighted by Crippen LogP contribution is 2.24. The van der Waals surface area contributed by atoms with Crippen LogP contribution in [0.1, 0.15) is 44.4 Å². The second-order valence-corrected chi connectivity index (χ2v) is 4.80. The molecule has 4 heteroatoms. The predicted octanol–water partition coefficient (Wildman–Crippen LogP) is 1.97. The third kappa shape index (κ3) is 2.88. The Morgan fingerprint density at radius 3 is 2.94 bits per heavy atom. The van der Waals surface area contributed by atoms with Gasteiger partial charge in [-0.1, -0.05) is 12.8 Å². The summed E-state index contributed by atoms with van der Waals surface area (Å²) in [6.07, 6.45) is 5.70. The molecule has 0 spiro atoms. The van der Waals surface area contributed by atoms with Crippen molar-refractivity contribution in [3.63, 3.8) is 0 Å². The zero-order valence-electron chi connectivity index (χ0n) is 10.2. The maximum Gasteiger partial charge on any atom is 0.225 e. The molecule has 17 heavy (non-hydrogen) atoms. The average molecular weight is 236 g/mol. The summed E-state index contributed by atoms with van der Waals surface area (Å²) in [7, 11) is 0. The molecule has 0 aromatic carbocycles. The van der Waals surface area contributed by atoms with E-state index in [4.69, 9.17) is 10.2 Å². The molecule has 1 aromatic heterocycles. The Bertz CT molecular complexity index is 362. The van der Waals surface area contributed by atoms with Crippen LogP contribution in [0.5, 0.6) is 0 Å². The van der Waals surface area contributed by atoms with Crippen LogP contribution >= 0.6 is 0 Å². The largest absolute Gasteiger partial charge is 0.467 e. The van der Waals surface area contributed by atoms with Crippen LogP contribution in [0.3, 0.4) is 0 Å². The molecule has 0 bridgehead atoms. The molecule has 2 rings (SSSR count). The molecule has 1 saturated carbocycles. The maximum atomic E-state index is 12.1. The number of furan rings is 1. The fourth-order valence-electron chi connectivity index (χ4n) is 2.41. The summed E-state index contributed by atoms with van der Waals surface area (Å²) in [6.45, 7) is 1.92. The SMILES string of the molecule is C[C@@H](NC(=O)C1CCCCC1N)c1ccco1. The third-order valence-corrected chi connectivity index (χ3v) is 3.48. The minimum Gasteiger partial charge on any atom is -0.467 e. The van der Waals surface area contributed by atoms with Gasteiger partial charge in [0.15, 0.2) is 0 Å². The summed E-state index contributed by atoms with van der Waals surface area (Å²) in [4.78, 5) is 12.1. The first-order chi connectivity index (χ1) is 8.18. The van der Waals surface area contributed by atoms with Crippen molar-refractivity contribution in [1.29, 1.82) is 0 Å². The topological polar surface area (TPSA) is 68.3 Å². The van der Waals surface area contributed by atoms with Crippen LogP contribution in [0.2, 0.25) is 0 Å². The molecule has 4 nitrogen and oxygen atoms in total. The Morgan fingerprint density at radius 1 is 1.53 bits per heavy atom. The van der Waals surface area contributed by atoms with Crippen molar-refractivity contribution < 1.29 is 9.21 Å². The van der Waals surface area contributed by atoms with Gasteiger partial charge in [0.25, 0.3) is 0 Å². The number of nitrogens with one attached hydrogen (secondary N) is 1. The van der Waals surface area contributed by atoms with Gasteiger partial charge in [0, 0.05) is 6.04 Å². The Balaban J connectivity index is 1.92. The van der Waals surface area contributed by atoms with Gasteiger partial charge in [-0.15, -0.1) is 0 Å². The summed E-state index contributed by atoms with van der Waals surface area (Å²) in [5.41, 5.74) is 5.99. The molecule has 1 aliphatic carbocycles. The lowest BCUT2D eigenvalue weighted by Gasteiger charge is -2.28. The number of amides is 1. The number of carbonyl (C=O) groups excluding carboxylic acids is 1. The van der Waals surface area contributed by atoms with Gasteiger partial charge in [-0.05, 0) is 31.9 Å². The molecular weight excluding hydrogens is 216 g/mol. The first-order valence-electron chi connectivity index (χ1n) is 6.28. The van der Waals surface area contributed by atoms with Gasteiger partial charge in [-0.2, -0.15) is 0 Å². The number of hydrogen-bond donors (Lipinski definition) is 2. The summed E-state index contributed by atoms with van der Waals surface area (Å²) in [6, 6.07) is 3.61. The monoisotopic (exact) mass is 236 g/mol. The Kier molecular flexibility index (Phi) is 3.84. The van der Waals surface area contributed by atoms with Crippen LogP contribution < -0.4 is 11.1 Å². The molecule has 0 saturated heterocycles. The summed E-state index contributed by atoms with van der Waals surface area (Å²) in [5, 5.41) is 2.97. The minimum absolute atomic E-state index is 0.00699. The number of hydrogen-bond acceptors (Lipinski definition) is 3. The van der Waals surface area contributed by atoms with E-state index < -0.39 is 0 Å². The van der Waals surface area contributed by atoms with Crippen molar-refractivity contribution in [2.24, 2.45) is 11.7 Å². The highest BCUT2D eigenvalue weighted by atomic mass is 16.3. The van der Waals surface area contributed by atoms with E-state index in [1.54, 1.807) is 6.26 Å². The number of rotatable bonds is 3. The lowest BCUT2D eigenvalue weighted by atomic mass is 9.84. The smallest absolute Gasteiger partial charge is 0.225 e. The van der Waals surface area contributed by atoms with E-state index in [1.807, 2.05) is 19.1 Å². The highest BCUT2D eigenvalue weighted by molar-refractivity contribution is 5.79. The fraction of sp³-hybridized carbons (Fsp3) is 0.615. The van der Waals surface area contributed by atoms with Gasteiger partial charge in [0.05, 0.1) is 18.2 Å². The van der Waals surface area contributed by atoms with E-state index >= 15 is 0 Å². The Morgan fingerprint density at radius 2 is 2.29 bits per heavy atom. The van der Waals surface area contributed by atoms with Gasteiger partial charge < -0.3 is 15.5 Å². The first kappa shape index (κ1) is 12.2. The highest BCUT2D eigenvalue weighted by Gasteiger charge is 2.29. The van der Waals surface area contributed by atoms with Crippen molar-refractivity contribution in [1.82, 2.24) is 5.32 Å². The molecule has 2 unspecified atom stereocenters. The summed E-state index contributed by atoms with van der Waals surface area (Å²) < 4.78 is 5.26. The molecule has 1 amide bonds. The maximum absolute atomic E-state index is 12.1. The van der Waals surface area contributed by atoms with Crippen LogP contribution in [0, 0.1) is 5.92 Å². The van der Waals surface area contributed by atoms with E-state index in [-0.39, 0.29) is 23.9 Å². The van der Waals surface area contributed by atoms with Gasteiger partial charge in [-0.3, -0.25) is 4.79 Å². The molecule has 3 atom stereocenters. The van der Waals surface area contributed by atoms with Crippen molar-refractivity contribution in [3.8, 4) is 0 Å². The normalized spacial score (nSPS) is 26.5. The standard InChI is InChI=1S/C13H20N2O2/c1-9(12-7-4-8-17-12)15-13(16)10-5-2-3-6-11(10)14/h4,7-11H,2-3,5-6,14H2,1H3,(H,15,16)/t9-,10?,11?/m1/s1. The molecule has 1 heterocycles. The van der Waals surface area contributed by atoms with E-state index in [0.29, 0.717) is 0 Å². The van der Waals surface area contributed by atoms with Crippen LogP contribution in [0.15, 0.2) is 22.8 Å². The Hall–Kier alpha value is -1.29. The average Bonchev–Trinajstić information content (AvgIpc) is 2.82. The van der Waals surface area contributed by atoms with Crippen molar-refractivity contribution in [3.05, 3.63) is 24.2 Å². The fourth-order valence-corrected chi connectivity index (χ4v) is 2.41. The van der Waals surface area contributed by atoms with E-state index in [2.05, 4.69) is 5.32 Å². The summed E-state index contributed by atoms with van der Waals surface area (Å²) >= 11 is 0. The first-order valence-corrected chi connectivity index (χ1v) is 6.28. The summed E-state index contributed by atoms with van der Waals surface area (Å²) in [5.74, 6) is 0.796. The van der Waals surface area contributed by atoms with Crippen molar-refractivity contribution in [2.45, 2.75) is 44.7 Å². The van der Waals surface area contributed by atoms with Crippen LogP contribution in [0.25, 0.3) is 0 Å². The van der Waals surface area contributed by atoms with Crippen LogP contribution in [-0.4, -0.2) is 11.9 Å². The van der Waals surface area contributed by atoms with Crippen LogP contribution in [-0.2, 0) is 4.79 Å². The molecule has 1 fully saturated rings. The zero-order valence-corrected chi connectivity index (χ0v) is 10.2. The molecule has 1 aromatic rings. The van der Waals surface area contributed by atoms with E-state index in [9.17, 15) is 4.79 Å². The van der Waals surface area contributed by atoms with Gasteiger partial charge in [0.2, 0.25) is 5.91 Å². The second-order valence-electron chi connectivity index (χ2n) is 4.80. The quantitative estimate of drug-likeness (QED) is 0.843. The van der Waals surface area contributed by atoms with Gasteiger partial charge in [0.1, 0.15) is 5.76 Å². The molecular formula is C13H20N2O2. The van der Waals surface area contributed by atoms with Crippen LogP contribution in [0.4, 0.5) is 0 Å². The van der Waals surface area contributed by atoms with Crippen molar-refractivity contribution >= 4 is 5.91 Å². The van der Waals surface area contributed by atoms with E-state index in [1.165, 1.54) is 0 Å². The second kappa shape index (κ2) is 5.36. The lowest BCUT2D eigenvalue weighted by Crippen LogP contribution is -2.44. The number of carbonyl (C=O) groups is 1. The minimum atomic E-state index is -0.0911.